The van der Waals surface area contributed by atoms with Gasteiger partial charge in [-0.15, -0.1) is 0 Å². The first-order valence-electron chi connectivity index (χ1n) is 9.94. The number of benzene rings is 1. The number of rotatable bonds is 3. The average Bonchev–Trinajstić information content (AvgIpc) is 2.62. The molecule has 0 aliphatic carbocycles. The number of carbonyl (C=O) groups excluding carboxylic acids is 1. The maximum Gasteiger partial charge on any atom is 0.336 e. The van der Waals surface area contributed by atoms with Crippen LogP contribution in [0.25, 0.3) is 17.0 Å². The summed E-state index contributed by atoms with van der Waals surface area (Å²) in [7, 11) is 0. The second-order valence-corrected chi connectivity index (χ2v) is 8.41. The molecule has 1 aromatic carbocycles. The Hall–Kier alpha value is -2.56. The topological polar surface area (TPSA) is 65.7 Å². The second-order valence-electron chi connectivity index (χ2n) is 8.41. The minimum Gasteiger partial charge on any atom is -0.489 e. The molecule has 5 nitrogen and oxygen atoms in total. The number of carbonyl (C=O) groups is 1. The summed E-state index contributed by atoms with van der Waals surface area (Å²) in [5.74, 6) is 0.819. The van der Waals surface area contributed by atoms with Crippen LogP contribution in [0, 0.1) is 5.92 Å². The van der Waals surface area contributed by atoms with E-state index >= 15 is 0 Å². The van der Waals surface area contributed by atoms with Gasteiger partial charge in [-0.3, -0.25) is 0 Å². The molecular weight excluding hydrogens is 356 g/mol. The molecule has 4 rings (SSSR count). The van der Waals surface area contributed by atoms with Gasteiger partial charge in [0.25, 0.3) is 0 Å². The molecule has 2 aliphatic rings. The molecule has 0 amide bonds. The van der Waals surface area contributed by atoms with Crippen LogP contribution in [-0.4, -0.2) is 18.0 Å². The van der Waals surface area contributed by atoms with Gasteiger partial charge in [0, 0.05) is 17.5 Å². The van der Waals surface area contributed by atoms with Gasteiger partial charge >= 0.3 is 5.63 Å². The molecule has 0 saturated carbocycles. The molecule has 0 radical (unpaired) electrons. The van der Waals surface area contributed by atoms with E-state index in [9.17, 15) is 9.59 Å². The maximum atomic E-state index is 12.4. The summed E-state index contributed by atoms with van der Waals surface area (Å²) in [5, 5.41) is 0.782. The Balaban J connectivity index is 2.19. The van der Waals surface area contributed by atoms with E-state index in [-0.39, 0.29) is 12.0 Å². The summed E-state index contributed by atoms with van der Waals surface area (Å²) in [4.78, 5) is 24.4. The molecule has 0 bridgehead atoms. The van der Waals surface area contributed by atoms with E-state index < -0.39 is 17.1 Å². The first-order valence-corrected chi connectivity index (χ1v) is 9.94. The Bertz CT molecular complexity index is 1040. The van der Waals surface area contributed by atoms with Crippen LogP contribution in [0.3, 0.4) is 0 Å². The highest BCUT2D eigenvalue weighted by Crippen LogP contribution is 2.52. The Kier molecular flexibility index (Phi) is 4.36. The predicted molar refractivity (Wildman–Crippen MR) is 108 cm³/mol. The largest absolute Gasteiger partial charge is 0.489 e. The van der Waals surface area contributed by atoms with E-state index in [4.69, 9.17) is 13.9 Å². The van der Waals surface area contributed by atoms with Crippen molar-refractivity contribution in [2.45, 2.75) is 65.1 Å². The van der Waals surface area contributed by atoms with Gasteiger partial charge in [-0.2, -0.15) is 0 Å². The van der Waals surface area contributed by atoms with Crippen molar-refractivity contribution >= 4 is 23.3 Å². The lowest BCUT2D eigenvalue weighted by Crippen LogP contribution is -2.34. The number of hydrogen-bond acceptors (Lipinski definition) is 5. The Morgan fingerprint density at radius 1 is 1.21 bits per heavy atom. The summed E-state index contributed by atoms with van der Waals surface area (Å²) >= 11 is 0. The number of fused-ring (bicyclic) bond motifs is 6. The van der Waals surface area contributed by atoms with Crippen molar-refractivity contribution in [3.05, 3.63) is 39.3 Å². The van der Waals surface area contributed by atoms with Crippen LogP contribution in [0.15, 0.2) is 21.4 Å². The third-order valence-corrected chi connectivity index (χ3v) is 5.87. The molecule has 0 fully saturated rings. The zero-order chi connectivity index (χ0) is 20.2. The van der Waals surface area contributed by atoms with E-state index in [1.807, 2.05) is 39.8 Å². The van der Waals surface area contributed by atoms with Crippen molar-refractivity contribution in [2.75, 3.05) is 0 Å². The van der Waals surface area contributed by atoms with Crippen LogP contribution in [0.1, 0.15) is 63.6 Å². The van der Waals surface area contributed by atoms with E-state index in [1.54, 1.807) is 6.07 Å². The van der Waals surface area contributed by atoms with Crippen LogP contribution in [0.4, 0.5) is 0 Å². The van der Waals surface area contributed by atoms with Crippen molar-refractivity contribution in [2.24, 2.45) is 5.92 Å². The van der Waals surface area contributed by atoms with Crippen molar-refractivity contribution in [3.63, 3.8) is 0 Å². The molecule has 0 spiro atoms. The highest BCUT2D eigenvalue weighted by atomic mass is 16.5. The van der Waals surface area contributed by atoms with E-state index in [1.165, 1.54) is 0 Å². The average molecular weight is 382 g/mol. The lowest BCUT2D eigenvalue weighted by atomic mass is 9.79. The van der Waals surface area contributed by atoms with E-state index in [0.717, 1.165) is 35.6 Å². The summed E-state index contributed by atoms with van der Waals surface area (Å²) < 4.78 is 18.3. The minimum absolute atomic E-state index is 0.0312. The molecule has 2 aliphatic heterocycles. The Morgan fingerprint density at radius 2 is 1.96 bits per heavy atom. The molecule has 1 aromatic heterocycles. The maximum absolute atomic E-state index is 12.4. The van der Waals surface area contributed by atoms with Crippen molar-refractivity contribution in [3.8, 4) is 11.5 Å². The Labute approximate surface area is 164 Å². The lowest BCUT2D eigenvalue weighted by Gasteiger charge is -2.37. The highest BCUT2D eigenvalue weighted by Gasteiger charge is 2.40. The molecule has 1 unspecified atom stereocenters. The van der Waals surface area contributed by atoms with Crippen LogP contribution >= 0.6 is 0 Å². The van der Waals surface area contributed by atoms with Crippen LogP contribution in [-0.2, 0) is 11.2 Å². The fourth-order valence-corrected chi connectivity index (χ4v) is 4.24. The van der Waals surface area contributed by atoms with Crippen LogP contribution < -0.4 is 15.1 Å². The molecule has 28 heavy (non-hydrogen) atoms. The summed E-state index contributed by atoms with van der Waals surface area (Å²) in [6.07, 6.45) is 6.39. The molecule has 3 heterocycles. The molecule has 5 heteroatoms. The Morgan fingerprint density at radius 3 is 2.64 bits per heavy atom. The van der Waals surface area contributed by atoms with Gasteiger partial charge in [0.2, 0.25) is 0 Å². The zero-order valence-electron chi connectivity index (χ0n) is 17.0. The third-order valence-electron chi connectivity index (χ3n) is 5.87. The summed E-state index contributed by atoms with van der Waals surface area (Å²) in [6, 6.07) is 1.54. The fourth-order valence-electron chi connectivity index (χ4n) is 4.24. The van der Waals surface area contributed by atoms with Gasteiger partial charge in [0.05, 0.1) is 23.0 Å². The third kappa shape index (κ3) is 2.76. The molecule has 3 atom stereocenters. The highest BCUT2D eigenvalue weighted by molar-refractivity contribution is 5.98. The van der Waals surface area contributed by atoms with E-state index in [2.05, 4.69) is 6.92 Å². The molecule has 0 N–H and O–H groups in total. The number of hydrogen-bond donors (Lipinski definition) is 0. The SMILES string of the molecule is CCCc1cc(=O)oc2c3c(c4c(c12)OC(C)(C)C=C4)O[C@@H](C)[C@H](C)C3C=O. The fraction of sp³-hybridized carbons (Fsp3) is 0.478. The standard InChI is InChI=1S/C23H26O5/c1-6-7-14-10-17(25)27-22-18(14)21-15(8-9-23(4,5)28-21)20-19(22)16(11-24)12(2)13(3)26-20/h8-13,16H,6-7H2,1-5H3/t12-,13-,16?/m0/s1. The van der Waals surface area contributed by atoms with Gasteiger partial charge in [-0.25, -0.2) is 4.79 Å². The summed E-state index contributed by atoms with van der Waals surface area (Å²) in [6.45, 7) is 9.98. The van der Waals surface area contributed by atoms with Gasteiger partial charge < -0.3 is 18.7 Å². The number of aldehydes is 1. The monoisotopic (exact) mass is 382 g/mol. The van der Waals surface area contributed by atoms with Gasteiger partial charge in [0.15, 0.2) is 0 Å². The minimum atomic E-state index is -0.495. The van der Waals surface area contributed by atoms with E-state index in [0.29, 0.717) is 22.6 Å². The van der Waals surface area contributed by atoms with Gasteiger partial charge in [-0.05, 0) is 44.9 Å². The quantitative estimate of drug-likeness (QED) is 0.572. The second kappa shape index (κ2) is 6.50. The molecular formula is C23H26O5. The van der Waals surface area contributed by atoms with Crippen LogP contribution in [0.2, 0.25) is 0 Å². The number of aryl methyl sites for hydroxylation is 1. The van der Waals surface area contributed by atoms with Crippen LogP contribution in [0.5, 0.6) is 11.5 Å². The summed E-state index contributed by atoms with van der Waals surface area (Å²) in [5.41, 5.74) is 1.88. The van der Waals surface area contributed by atoms with Gasteiger partial charge in [-0.1, -0.05) is 20.3 Å². The zero-order valence-corrected chi connectivity index (χ0v) is 17.0. The van der Waals surface area contributed by atoms with Crippen molar-refractivity contribution in [1.82, 2.24) is 0 Å². The molecule has 0 saturated heterocycles. The lowest BCUT2D eigenvalue weighted by molar-refractivity contribution is -0.111. The smallest absolute Gasteiger partial charge is 0.336 e. The van der Waals surface area contributed by atoms with Crippen molar-refractivity contribution < 1.29 is 18.7 Å². The predicted octanol–water partition coefficient (Wildman–Crippen LogP) is 4.63. The first-order chi connectivity index (χ1) is 13.3. The number of ether oxygens (including phenoxy) is 2. The van der Waals surface area contributed by atoms with Crippen molar-refractivity contribution in [1.29, 1.82) is 0 Å². The molecule has 148 valence electrons. The molecule has 2 aromatic rings. The van der Waals surface area contributed by atoms with Gasteiger partial charge in [0.1, 0.15) is 29.0 Å². The first kappa shape index (κ1) is 18.8. The normalized spacial score (nSPS) is 24.8.